The van der Waals surface area contributed by atoms with Gasteiger partial charge in [0, 0.05) is 20.1 Å². The van der Waals surface area contributed by atoms with Gasteiger partial charge in [0.15, 0.2) is 0 Å². The van der Waals surface area contributed by atoms with Gasteiger partial charge in [-0.25, -0.2) is 0 Å². The number of benzene rings is 1. The molecule has 192 valence electrons. The molecule has 2 aliphatic rings. The van der Waals surface area contributed by atoms with Gasteiger partial charge in [-0.3, -0.25) is 19.2 Å². The van der Waals surface area contributed by atoms with Crippen molar-refractivity contribution in [1.82, 2.24) is 20.4 Å². The Morgan fingerprint density at radius 2 is 1.80 bits per heavy atom. The molecule has 4 amide bonds. The molecule has 0 saturated carbocycles. The number of fused-ring (bicyclic) bond motifs is 1. The number of aliphatic hydroxyl groups excluding tert-OH is 1. The van der Waals surface area contributed by atoms with Crippen molar-refractivity contribution < 1.29 is 29.0 Å². The maximum atomic E-state index is 13.3. The monoisotopic (exact) mass is 488 g/mol. The lowest BCUT2D eigenvalue weighted by molar-refractivity contribution is -0.139. The van der Waals surface area contributed by atoms with Crippen molar-refractivity contribution in [3.63, 3.8) is 0 Å². The zero-order valence-corrected chi connectivity index (χ0v) is 20.7. The zero-order valence-electron chi connectivity index (χ0n) is 20.7. The van der Waals surface area contributed by atoms with Crippen molar-refractivity contribution in [2.75, 3.05) is 33.3 Å². The van der Waals surface area contributed by atoms with Gasteiger partial charge in [0.2, 0.25) is 17.7 Å². The number of hydrogen-bond donors (Lipinski definition) is 3. The van der Waals surface area contributed by atoms with Crippen molar-refractivity contribution >= 4 is 23.6 Å². The highest BCUT2D eigenvalue weighted by atomic mass is 16.5. The molecule has 0 radical (unpaired) electrons. The van der Waals surface area contributed by atoms with Gasteiger partial charge in [-0.1, -0.05) is 26.0 Å². The summed E-state index contributed by atoms with van der Waals surface area (Å²) in [5.41, 5.74) is 0.239. The Kier molecular flexibility index (Phi) is 9.08. The first-order valence-electron chi connectivity index (χ1n) is 12.2. The number of hydrogen-bond acceptors (Lipinski definition) is 6. The number of carbonyl (C=O) groups is 4. The van der Waals surface area contributed by atoms with E-state index >= 15 is 0 Å². The number of piperidine rings is 1. The van der Waals surface area contributed by atoms with Gasteiger partial charge < -0.3 is 30.3 Å². The van der Waals surface area contributed by atoms with E-state index < -0.39 is 35.9 Å². The van der Waals surface area contributed by atoms with Gasteiger partial charge in [0.25, 0.3) is 5.91 Å². The summed E-state index contributed by atoms with van der Waals surface area (Å²) in [6.07, 6.45) is 0.537. The molecular formula is C25H36N4O6. The average molecular weight is 489 g/mol. The number of likely N-dealkylation sites (tertiary alicyclic amines) is 1. The Labute approximate surface area is 206 Å². The zero-order chi connectivity index (χ0) is 25.5. The molecule has 1 saturated heterocycles. The first-order valence-corrected chi connectivity index (χ1v) is 12.2. The van der Waals surface area contributed by atoms with Crippen LogP contribution in [0.4, 0.5) is 0 Å². The number of aliphatic hydroxyl groups is 1. The molecule has 1 aromatic carbocycles. The third-order valence-electron chi connectivity index (χ3n) is 6.30. The second-order valence-electron chi connectivity index (χ2n) is 9.64. The predicted molar refractivity (Wildman–Crippen MR) is 129 cm³/mol. The molecule has 0 spiro atoms. The van der Waals surface area contributed by atoms with Crippen LogP contribution in [0.3, 0.4) is 0 Å². The van der Waals surface area contributed by atoms with Crippen LogP contribution in [0.25, 0.3) is 0 Å². The van der Waals surface area contributed by atoms with E-state index in [-0.39, 0.29) is 37.0 Å². The number of carbonyl (C=O) groups excluding carboxylic acids is 4. The number of rotatable bonds is 3. The highest BCUT2D eigenvalue weighted by Gasteiger charge is 2.33. The molecule has 1 fully saturated rings. The molecule has 0 aliphatic carbocycles. The third kappa shape index (κ3) is 7.17. The predicted octanol–water partition coefficient (Wildman–Crippen LogP) is 0.540. The molecular weight excluding hydrogens is 452 g/mol. The van der Waals surface area contributed by atoms with Gasteiger partial charge in [0.05, 0.1) is 24.6 Å². The second kappa shape index (κ2) is 12.0. The second-order valence-corrected chi connectivity index (χ2v) is 9.64. The molecule has 2 atom stereocenters. The van der Waals surface area contributed by atoms with E-state index in [9.17, 15) is 24.3 Å². The maximum Gasteiger partial charge on any atom is 0.255 e. The van der Waals surface area contributed by atoms with Crippen LogP contribution < -0.4 is 15.4 Å². The van der Waals surface area contributed by atoms with Crippen LogP contribution in [0.2, 0.25) is 0 Å². The molecule has 35 heavy (non-hydrogen) atoms. The maximum absolute atomic E-state index is 13.3. The van der Waals surface area contributed by atoms with E-state index in [2.05, 4.69) is 10.6 Å². The Balaban J connectivity index is 1.90. The minimum absolute atomic E-state index is 0.150. The van der Waals surface area contributed by atoms with Gasteiger partial charge in [-0.05, 0) is 37.3 Å². The Morgan fingerprint density at radius 1 is 1.11 bits per heavy atom. The number of nitrogens with one attached hydrogen (secondary N) is 2. The summed E-state index contributed by atoms with van der Waals surface area (Å²) >= 11 is 0. The lowest BCUT2D eigenvalue weighted by atomic mass is 10.0. The van der Waals surface area contributed by atoms with Crippen LogP contribution in [0.15, 0.2) is 24.3 Å². The molecule has 2 heterocycles. The topological polar surface area (TPSA) is 128 Å². The largest absolute Gasteiger partial charge is 0.491 e. The molecule has 0 bridgehead atoms. The van der Waals surface area contributed by atoms with E-state index in [0.717, 1.165) is 0 Å². The van der Waals surface area contributed by atoms with E-state index in [1.807, 2.05) is 13.8 Å². The molecule has 2 aliphatic heterocycles. The van der Waals surface area contributed by atoms with Crippen molar-refractivity contribution in [1.29, 1.82) is 0 Å². The summed E-state index contributed by atoms with van der Waals surface area (Å²) < 4.78 is 5.82. The minimum Gasteiger partial charge on any atom is -0.491 e. The molecule has 0 unspecified atom stereocenters. The van der Waals surface area contributed by atoms with Crippen LogP contribution in [0.5, 0.6) is 5.75 Å². The fraction of sp³-hybridized carbons (Fsp3) is 0.600. The molecule has 3 N–H and O–H groups in total. The van der Waals surface area contributed by atoms with Gasteiger partial charge >= 0.3 is 0 Å². The normalized spacial score (nSPS) is 23.2. The van der Waals surface area contributed by atoms with E-state index in [1.54, 1.807) is 36.2 Å². The van der Waals surface area contributed by atoms with Crippen molar-refractivity contribution in [3.05, 3.63) is 29.8 Å². The number of nitrogens with zero attached hydrogens (tertiary/aromatic N) is 2. The van der Waals surface area contributed by atoms with Crippen molar-refractivity contribution in [2.45, 2.75) is 57.7 Å². The van der Waals surface area contributed by atoms with E-state index in [4.69, 9.17) is 4.74 Å². The fourth-order valence-corrected chi connectivity index (χ4v) is 4.32. The molecule has 1 aromatic rings. The number of ether oxygens (including phenoxy) is 1. The highest BCUT2D eigenvalue weighted by Crippen LogP contribution is 2.20. The number of amides is 4. The quantitative estimate of drug-likeness (QED) is 0.570. The van der Waals surface area contributed by atoms with Crippen LogP contribution in [0, 0.1) is 5.92 Å². The summed E-state index contributed by atoms with van der Waals surface area (Å²) in [4.78, 5) is 55.6. The van der Waals surface area contributed by atoms with E-state index in [1.165, 1.54) is 4.90 Å². The minimum atomic E-state index is -1.12. The Bertz CT molecular complexity index is 928. The molecule has 10 heteroatoms. The molecule has 10 nitrogen and oxygen atoms in total. The van der Waals surface area contributed by atoms with Crippen LogP contribution in [-0.4, -0.2) is 90.0 Å². The Morgan fingerprint density at radius 3 is 2.49 bits per heavy atom. The van der Waals surface area contributed by atoms with Crippen LogP contribution >= 0.6 is 0 Å². The SMILES string of the molecule is CC(C)C[C@@H]1NC(=O)C[C@@H](C(=O)N2CCC(O)CC2)NC(=O)c2ccccc2OCCN(C)C1=O. The summed E-state index contributed by atoms with van der Waals surface area (Å²) in [6, 6.07) is 4.79. The fourth-order valence-electron chi connectivity index (χ4n) is 4.32. The lowest BCUT2D eigenvalue weighted by Crippen LogP contribution is -2.54. The van der Waals surface area contributed by atoms with Crippen LogP contribution in [-0.2, 0) is 14.4 Å². The van der Waals surface area contributed by atoms with Gasteiger partial charge in [-0.15, -0.1) is 0 Å². The number of likely N-dealkylation sites (N-methyl/N-ethyl adjacent to an activating group) is 1. The highest BCUT2D eigenvalue weighted by molar-refractivity contribution is 6.01. The van der Waals surface area contributed by atoms with Gasteiger partial charge in [0.1, 0.15) is 24.4 Å². The van der Waals surface area contributed by atoms with Crippen LogP contribution in [0.1, 0.15) is 49.9 Å². The molecule has 0 aromatic heterocycles. The Hall–Kier alpha value is -3.14. The first kappa shape index (κ1) is 26.5. The average Bonchev–Trinajstić information content (AvgIpc) is 2.82. The lowest BCUT2D eigenvalue weighted by Gasteiger charge is -2.33. The summed E-state index contributed by atoms with van der Waals surface area (Å²) in [7, 11) is 1.65. The third-order valence-corrected chi connectivity index (χ3v) is 6.30. The van der Waals surface area contributed by atoms with Gasteiger partial charge in [-0.2, -0.15) is 0 Å². The summed E-state index contributed by atoms with van der Waals surface area (Å²) in [6.45, 7) is 5.04. The smallest absolute Gasteiger partial charge is 0.255 e. The molecule has 3 rings (SSSR count). The summed E-state index contributed by atoms with van der Waals surface area (Å²) in [5, 5.41) is 15.3. The first-order chi connectivity index (χ1) is 16.7. The van der Waals surface area contributed by atoms with E-state index in [0.29, 0.717) is 38.1 Å². The standard InChI is InChI=1S/C25H36N4O6/c1-16(2)14-19-24(33)28(3)12-13-35-21-7-5-4-6-18(21)23(32)27-20(15-22(31)26-19)25(34)29-10-8-17(30)9-11-29/h4-7,16-17,19-20,30H,8-15H2,1-3H3,(H,26,31)(H,27,32)/t19-,20-/m0/s1. The summed E-state index contributed by atoms with van der Waals surface area (Å²) in [5.74, 6) is -1.17. The van der Waals surface area contributed by atoms with Crippen molar-refractivity contribution in [3.8, 4) is 5.75 Å². The van der Waals surface area contributed by atoms with Crippen molar-refractivity contribution in [2.24, 2.45) is 5.92 Å². The number of para-hydroxylation sites is 1.